The van der Waals surface area contributed by atoms with Crippen LogP contribution in [0.4, 0.5) is 11.4 Å². The summed E-state index contributed by atoms with van der Waals surface area (Å²) in [5, 5.41) is 2.78. The highest BCUT2D eigenvalue weighted by atomic mass is 16.5. The molecule has 0 aliphatic carbocycles. The van der Waals surface area contributed by atoms with Gasteiger partial charge in [-0.25, -0.2) is 0 Å². The maximum atomic E-state index is 12.3. The van der Waals surface area contributed by atoms with E-state index in [1.807, 2.05) is 6.07 Å². The Morgan fingerprint density at radius 1 is 1.11 bits per heavy atom. The lowest BCUT2D eigenvalue weighted by Crippen LogP contribution is -2.24. The molecule has 1 aliphatic rings. The fraction of sp³-hybridized carbons (Fsp3) is 0.300. The van der Waals surface area contributed by atoms with E-state index < -0.39 is 0 Å². The molecule has 3 rings (SSSR count). The van der Waals surface area contributed by atoms with E-state index in [0.717, 1.165) is 12.1 Å². The number of ether oxygens (including phenoxy) is 3. The molecule has 2 aromatic carbocycles. The summed E-state index contributed by atoms with van der Waals surface area (Å²) in [6.45, 7) is 0.497. The van der Waals surface area contributed by atoms with E-state index in [4.69, 9.17) is 14.2 Å². The summed E-state index contributed by atoms with van der Waals surface area (Å²) < 4.78 is 16.1. The molecule has 0 atom stereocenters. The molecule has 1 saturated heterocycles. The van der Waals surface area contributed by atoms with Gasteiger partial charge in [0.25, 0.3) is 5.91 Å². The maximum absolute atomic E-state index is 12.3. The van der Waals surface area contributed by atoms with Gasteiger partial charge in [0.2, 0.25) is 11.7 Å². The van der Waals surface area contributed by atoms with Gasteiger partial charge in [0.15, 0.2) is 18.1 Å². The first kappa shape index (κ1) is 18.6. The van der Waals surface area contributed by atoms with Crippen molar-refractivity contribution in [2.45, 2.75) is 12.8 Å². The number of rotatable bonds is 7. The highest BCUT2D eigenvalue weighted by molar-refractivity contribution is 5.97. The van der Waals surface area contributed by atoms with E-state index in [-0.39, 0.29) is 18.4 Å². The van der Waals surface area contributed by atoms with Crippen LogP contribution in [0.5, 0.6) is 17.2 Å². The molecule has 0 aromatic heterocycles. The summed E-state index contributed by atoms with van der Waals surface area (Å²) in [5.41, 5.74) is 1.38. The van der Waals surface area contributed by atoms with Crippen molar-refractivity contribution >= 4 is 23.2 Å². The van der Waals surface area contributed by atoms with Crippen LogP contribution in [0.1, 0.15) is 12.8 Å². The molecular formula is C20H22N2O5. The van der Waals surface area contributed by atoms with E-state index in [1.54, 1.807) is 41.3 Å². The molecule has 0 radical (unpaired) electrons. The number of carbonyl (C=O) groups excluding carboxylic acids is 2. The SMILES string of the molecule is COc1cccc(OC)c1OCC(=O)Nc1cccc(N2CCCC2=O)c1. The smallest absolute Gasteiger partial charge is 0.262 e. The lowest BCUT2D eigenvalue weighted by molar-refractivity contribution is -0.118. The number of hydrogen-bond acceptors (Lipinski definition) is 5. The first-order valence-electron chi connectivity index (χ1n) is 8.66. The van der Waals surface area contributed by atoms with Gasteiger partial charge in [-0.15, -0.1) is 0 Å². The molecule has 1 aliphatic heterocycles. The van der Waals surface area contributed by atoms with Crippen LogP contribution in [0.2, 0.25) is 0 Å². The van der Waals surface area contributed by atoms with E-state index in [9.17, 15) is 9.59 Å². The number of methoxy groups -OCH3 is 2. The summed E-state index contributed by atoms with van der Waals surface area (Å²) in [5.74, 6) is 1.11. The quantitative estimate of drug-likeness (QED) is 0.811. The van der Waals surface area contributed by atoms with Crippen LogP contribution in [0.25, 0.3) is 0 Å². The lowest BCUT2D eigenvalue weighted by atomic mass is 10.2. The molecule has 7 heteroatoms. The number of amides is 2. The van der Waals surface area contributed by atoms with Crippen LogP contribution in [0, 0.1) is 0 Å². The second kappa shape index (κ2) is 8.44. The Morgan fingerprint density at radius 3 is 2.44 bits per heavy atom. The maximum Gasteiger partial charge on any atom is 0.262 e. The summed E-state index contributed by atoms with van der Waals surface area (Å²) in [6.07, 6.45) is 1.41. The van der Waals surface area contributed by atoms with E-state index >= 15 is 0 Å². The van der Waals surface area contributed by atoms with Crippen molar-refractivity contribution in [3.63, 3.8) is 0 Å². The Balaban J connectivity index is 1.64. The standard InChI is InChI=1S/C20H22N2O5/c1-25-16-8-4-9-17(26-2)20(16)27-13-18(23)21-14-6-3-7-15(12-14)22-11-5-10-19(22)24/h3-4,6-9,12H,5,10-11,13H2,1-2H3,(H,21,23). The summed E-state index contributed by atoms with van der Waals surface area (Å²) in [7, 11) is 3.04. The minimum atomic E-state index is -0.326. The van der Waals surface area contributed by atoms with Crippen LogP contribution < -0.4 is 24.4 Å². The molecule has 2 amide bonds. The molecule has 142 valence electrons. The van der Waals surface area contributed by atoms with E-state index in [1.165, 1.54) is 14.2 Å². The molecule has 0 unspecified atom stereocenters. The number of nitrogens with zero attached hydrogens (tertiary/aromatic N) is 1. The summed E-state index contributed by atoms with van der Waals surface area (Å²) in [6, 6.07) is 12.4. The molecule has 0 spiro atoms. The predicted octanol–water partition coefficient (Wildman–Crippen LogP) is 2.85. The van der Waals surface area contributed by atoms with Crippen LogP contribution in [-0.2, 0) is 9.59 Å². The lowest BCUT2D eigenvalue weighted by Gasteiger charge is -2.17. The first-order valence-corrected chi connectivity index (χ1v) is 8.66. The van der Waals surface area contributed by atoms with Crippen LogP contribution in [-0.4, -0.2) is 39.2 Å². The number of carbonyl (C=O) groups is 2. The number of nitrogens with one attached hydrogen (secondary N) is 1. The van der Waals surface area contributed by atoms with Gasteiger partial charge < -0.3 is 24.4 Å². The Kier molecular flexibility index (Phi) is 5.80. The minimum absolute atomic E-state index is 0.102. The van der Waals surface area contributed by atoms with Crippen molar-refractivity contribution in [1.29, 1.82) is 0 Å². The van der Waals surface area contributed by atoms with Crippen molar-refractivity contribution in [1.82, 2.24) is 0 Å². The van der Waals surface area contributed by atoms with E-state index in [2.05, 4.69) is 5.32 Å². The Morgan fingerprint density at radius 2 is 1.81 bits per heavy atom. The minimum Gasteiger partial charge on any atom is -0.493 e. The summed E-state index contributed by atoms with van der Waals surface area (Å²) >= 11 is 0. The van der Waals surface area contributed by atoms with Gasteiger partial charge in [-0.05, 0) is 36.8 Å². The van der Waals surface area contributed by atoms with Gasteiger partial charge in [-0.3, -0.25) is 9.59 Å². The highest BCUT2D eigenvalue weighted by Crippen LogP contribution is 2.36. The van der Waals surface area contributed by atoms with E-state index in [0.29, 0.717) is 35.9 Å². The third-order valence-electron chi connectivity index (χ3n) is 4.25. The van der Waals surface area contributed by atoms with Crippen LogP contribution >= 0.6 is 0 Å². The van der Waals surface area contributed by atoms with Crippen LogP contribution in [0.3, 0.4) is 0 Å². The normalized spacial score (nSPS) is 13.4. The van der Waals surface area contributed by atoms with Gasteiger partial charge in [-0.1, -0.05) is 12.1 Å². The largest absolute Gasteiger partial charge is 0.493 e. The molecular weight excluding hydrogens is 348 g/mol. The zero-order chi connectivity index (χ0) is 19.2. The summed E-state index contributed by atoms with van der Waals surface area (Å²) in [4.78, 5) is 25.9. The van der Waals surface area contributed by atoms with Gasteiger partial charge in [0.05, 0.1) is 14.2 Å². The van der Waals surface area contributed by atoms with Crippen molar-refractivity contribution in [3.8, 4) is 17.2 Å². The average molecular weight is 370 g/mol. The fourth-order valence-corrected chi connectivity index (χ4v) is 2.97. The molecule has 1 heterocycles. The molecule has 0 saturated carbocycles. The van der Waals surface area contributed by atoms with Crippen LogP contribution in [0.15, 0.2) is 42.5 Å². The number of benzene rings is 2. The zero-order valence-electron chi connectivity index (χ0n) is 15.4. The molecule has 7 nitrogen and oxygen atoms in total. The van der Waals surface area contributed by atoms with Gasteiger partial charge >= 0.3 is 0 Å². The first-order chi connectivity index (χ1) is 13.1. The zero-order valence-corrected chi connectivity index (χ0v) is 15.4. The number of para-hydroxylation sites is 1. The topological polar surface area (TPSA) is 77.1 Å². The van der Waals surface area contributed by atoms with Crippen molar-refractivity contribution < 1.29 is 23.8 Å². The predicted molar refractivity (Wildman–Crippen MR) is 102 cm³/mol. The Bertz CT molecular complexity index is 815. The Hall–Kier alpha value is -3.22. The third kappa shape index (κ3) is 4.31. The highest BCUT2D eigenvalue weighted by Gasteiger charge is 2.22. The second-order valence-corrected chi connectivity index (χ2v) is 6.03. The molecule has 2 aromatic rings. The Labute approximate surface area is 157 Å². The number of anilines is 2. The van der Waals surface area contributed by atoms with Crippen molar-refractivity contribution in [2.75, 3.05) is 37.6 Å². The van der Waals surface area contributed by atoms with Gasteiger partial charge in [-0.2, -0.15) is 0 Å². The van der Waals surface area contributed by atoms with Crippen molar-refractivity contribution in [2.24, 2.45) is 0 Å². The molecule has 0 bridgehead atoms. The van der Waals surface area contributed by atoms with Gasteiger partial charge in [0.1, 0.15) is 0 Å². The van der Waals surface area contributed by atoms with Gasteiger partial charge in [0, 0.05) is 24.3 Å². The molecule has 1 N–H and O–H groups in total. The molecule has 27 heavy (non-hydrogen) atoms. The third-order valence-corrected chi connectivity index (χ3v) is 4.25. The van der Waals surface area contributed by atoms with Crippen molar-refractivity contribution in [3.05, 3.63) is 42.5 Å². The molecule has 1 fully saturated rings. The average Bonchev–Trinajstić information content (AvgIpc) is 3.12. The fourth-order valence-electron chi connectivity index (χ4n) is 2.97. The monoisotopic (exact) mass is 370 g/mol. The number of hydrogen-bond donors (Lipinski definition) is 1. The second-order valence-electron chi connectivity index (χ2n) is 6.03.